The fourth-order valence-electron chi connectivity index (χ4n) is 11.3. The van der Waals surface area contributed by atoms with Crippen LogP contribution >= 0.6 is 0 Å². The summed E-state index contributed by atoms with van der Waals surface area (Å²) in [5, 5.41) is 0. The third-order valence-electron chi connectivity index (χ3n) is 16.9. The van der Waals surface area contributed by atoms with Crippen LogP contribution in [0.3, 0.4) is 0 Å². The minimum atomic E-state index is -0.767. The van der Waals surface area contributed by atoms with Gasteiger partial charge < -0.3 is 14.2 Å². The summed E-state index contributed by atoms with van der Waals surface area (Å²) in [7, 11) is 0. The van der Waals surface area contributed by atoms with E-state index in [-0.39, 0.29) is 31.1 Å². The SMILES string of the molecule is CCCCCCC/C=C\C/C=C\C/C=C\CCCCCCCCCCCCCCCCCCCCC(=O)OCC(COC(=O)CCCCCCCCCCCCCCCC)OC(=O)CCCCCCCCCCCCCCCCCCC. The molecule has 0 aliphatic heterocycles. The lowest BCUT2D eigenvalue weighted by molar-refractivity contribution is -0.167. The van der Waals surface area contributed by atoms with Gasteiger partial charge in [-0.3, -0.25) is 14.4 Å². The number of ether oxygens (including phenoxy) is 3. The van der Waals surface area contributed by atoms with Gasteiger partial charge in [0.25, 0.3) is 0 Å². The summed E-state index contributed by atoms with van der Waals surface area (Å²) in [4.78, 5) is 38.4. The van der Waals surface area contributed by atoms with Gasteiger partial charge in [0.2, 0.25) is 0 Å². The summed E-state index contributed by atoms with van der Waals surface area (Å²) in [5.74, 6) is -0.829. The molecule has 0 saturated carbocycles. The lowest BCUT2D eigenvalue weighted by atomic mass is 10.0. The Morgan fingerprint density at radius 3 is 0.683 bits per heavy atom. The second-order valence-electron chi connectivity index (χ2n) is 25.2. The summed E-state index contributed by atoms with van der Waals surface area (Å²) in [6, 6.07) is 0. The summed E-state index contributed by atoms with van der Waals surface area (Å²) < 4.78 is 17.0. The third-order valence-corrected chi connectivity index (χ3v) is 16.9. The molecule has 0 aromatic rings. The normalized spacial score (nSPS) is 12.2. The molecule has 0 aromatic heterocycles. The first-order valence-electron chi connectivity index (χ1n) is 37.0. The van der Waals surface area contributed by atoms with Crippen LogP contribution in [0.25, 0.3) is 0 Å². The molecule has 0 radical (unpaired) electrons. The van der Waals surface area contributed by atoms with Gasteiger partial charge in [-0.05, 0) is 57.8 Å². The number of esters is 3. The molecule has 0 amide bonds. The van der Waals surface area contributed by atoms with E-state index in [4.69, 9.17) is 14.2 Å². The van der Waals surface area contributed by atoms with Gasteiger partial charge in [-0.15, -0.1) is 0 Å². The van der Waals surface area contributed by atoms with E-state index >= 15 is 0 Å². The van der Waals surface area contributed by atoms with Gasteiger partial charge in [0, 0.05) is 19.3 Å². The van der Waals surface area contributed by atoms with E-state index in [0.717, 1.165) is 70.6 Å². The van der Waals surface area contributed by atoms with Gasteiger partial charge in [-0.25, -0.2) is 0 Å². The molecule has 0 aliphatic rings. The van der Waals surface area contributed by atoms with Crippen molar-refractivity contribution in [1.29, 1.82) is 0 Å². The topological polar surface area (TPSA) is 78.9 Å². The number of hydrogen-bond acceptors (Lipinski definition) is 6. The number of carbonyl (C=O) groups excluding carboxylic acids is 3. The lowest BCUT2D eigenvalue weighted by Crippen LogP contribution is -2.30. The molecular weight excluding hydrogens is 1010 g/mol. The van der Waals surface area contributed by atoms with E-state index in [9.17, 15) is 14.4 Å². The summed E-state index contributed by atoms with van der Waals surface area (Å²) >= 11 is 0. The van der Waals surface area contributed by atoms with Crippen LogP contribution in [-0.4, -0.2) is 37.2 Å². The molecule has 0 rings (SSSR count). The largest absolute Gasteiger partial charge is 0.462 e. The van der Waals surface area contributed by atoms with Crippen LogP contribution in [-0.2, 0) is 28.6 Å². The summed E-state index contributed by atoms with van der Waals surface area (Å²) in [6.07, 6.45) is 89.0. The van der Waals surface area contributed by atoms with Crippen molar-refractivity contribution < 1.29 is 28.6 Å². The quantitative estimate of drug-likeness (QED) is 0.0261. The maximum absolute atomic E-state index is 12.9. The Morgan fingerprint density at radius 2 is 0.439 bits per heavy atom. The zero-order chi connectivity index (χ0) is 59.2. The molecule has 0 aliphatic carbocycles. The number of rotatable bonds is 69. The minimum absolute atomic E-state index is 0.0639. The third kappa shape index (κ3) is 68.4. The maximum atomic E-state index is 12.9. The van der Waals surface area contributed by atoms with Crippen molar-refractivity contribution in [3.63, 3.8) is 0 Å². The lowest BCUT2D eigenvalue weighted by Gasteiger charge is -2.18. The van der Waals surface area contributed by atoms with Gasteiger partial charge in [0.15, 0.2) is 6.10 Å². The first-order chi connectivity index (χ1) is 40.5. The molecule has 0 bridgehead atoms. The fraction of sp³-hybridized carbons (Fsp3) is 0.882. The highest BCUT2D eigenvalue weighted by atomic mass is 16.6. The molecule has 1 atom stereocenters. The van der Waals surface area contributed by atoms with Crippen molar-refractivity contribution in [3.8, 4) is 0 Å². The summed E-state index contributed by atoms with van der Waals surface area (Å²) in [6.45, 7) is 6.71. The van der Waals surface area contributed by atoms with E-state index in [1.807, 2.05) is 0 Å². The van der Waals surface area contributed by atoms with Crippen molar-refractivity contribution in [2.75, 3.05) is 13.2 Å². The van der Waals surface area contributed by atoms with Crippen LogP contribution < -0.4 is 0 Å². The molecule has 0 spiro atoms. The fourth-order valence-corrected chi connectivity index (χ4v) is 11.3. The Bertz CT molecular complexity index is 1370. The average Bonchev–Trinajstić information content (AvgIpc) is 3.47. The van der Waals surface area contributed by atoms with Crippen molar-refractivity contribution in [2.45, 2.75) is 419 Å². The molecule has 6 nitrogen and oxygen atoms in total. The van der Waals surface area contributed by atoms with Crippen LogP contribution in [0, 0.1) is 0 Å². The molecule has 1 unspecified atom stereocenters. The number of unbranched alkanes of at least 4 members (excludes halogenated alkanes) is 52. The Morgan fingerprint density at radius 1 is 0.244 bits per heavy atom. The summed E-state index contributed by atoms with van der Waals surface area (Å²) in [5.41, 5.74) is 0. The Labute approximate surface area is 512 Å². The molecule has 82 heavy (non-hydrogen) atoms. The van der Waals surface area contributed by atoms with Gasteiger partial charge >= 0.3 is 17.9 Å². The van der Waals surface area contributed by atoms with Crippen molar-refractivity contribution >= 4 is 17.9 Å². The van der Waals surface area contributed by atoms with Crippen LogP contribution in [0.15, 0.2) is 36.5 Å². The van der Waals surface area contributed by atoms with E-state index < -0.39 is 6.10 Å². The standard InChI is InChI=1S/C76H142O6/c1-4-7-10-13-16-19-22-25-28-30-31-32-33-34-35-36-37-38-39-40-41-42-43-44-45-47-48-51-54-57-60-63-66-69-75(78)81-72-73(71-80-74(77)68-65-62-59-56-53-50-27-24-21-18-15-12-9-6-3)82-76(79)70-67-64-61-58-55-52-49-46-29-26-23-20-17-14-11-8-5-2/h22,25,30-31,33-34,73H,4-21,23-24,26-29,32,35-72H2,1-3H3/b25-22-,31-30-,34-33-. The highest BCUT2D eigenvalue weighted by Gasteiger charge is 2.20. The second-order valence-corrected chi connectivity index (χ2v) is 25.2. The average molecular weight is 1150 g/mol. The van der Waals surface area contributed by atoms with E-state index in [2.05, 4.69) is 57.2 Å². The Kier molecular flexibility index (Phi) is 69.1. The minimum Gasteiger partial charge on any atom is -0.462 e. The molecule has 482 valence electrons. The number of allylic oxidation sites excluding steroid dienone is 6. The van der Waals surface area contributed by atoms with Crippen molar-refractivity contribution in [2.24, 2.45) is 0 Å². The molecule has 0 N–H and O–H groups in total. The molecule has 6 heteroatoms. The molecule has 0 saturated heterocycles. The van der Waals surface area contributed by atoms with Crippen LogP contribution in [0.4, 0.5) is 0 Å². The second kappa shape index (κ2) is 71.1. The smallest absolute Gasteiger partial charge is 0.306 e. The molecular formula is C76H142O6. The van der Waals surface area contributed by atoms with Gasteiger partial charge in [-0.2, -0.15) is 0 Å². The highest BCUT2D eigenvalue weighted by molar-refractivity contribution is 5.71. The van der Waals surface area contributed by atoms with Crippen molar-refractivity contribution in [3.05, 3.63) is 36.5 Å². The van der Waals surface area contributed by atoms with E-state index in [1.54, 1.807) is 0 Å². The van der Waals surface area contributed by atoms with Crippen LogP contribution in [0.2, 0.25) is 0 Å². The highest BCUT2D eigenvalue weighted by Crippen LogP contribution is 2.19. The van der Waals surface area contributed by atoms with Gasteiger partial charge in [-0.1, -0.05) is 372 Å². The molecule has 0 aromatic carbocycles. The maximum Gasteiger partial charge on any atom is 0.306 e. The molecule has 0 fully saturated rings. The Balaban J connectivity index is 4.13. The predicted molar refractivity (Wildman–Crippen MR) is 358 cm³/mol. The Hall–Kier alpha value is -2.37. The molecule has 0 heterocycles. The number of hydrogen-bond donors (Lipinski definition) is 0. The zero-order valence-electron chi connectivity index (χ0n) is 55.5. The number of carbonyl (C=O) groups is 3. The van der Waals surface area contributed by atoms with Crippen LogP contribution in [0.5, 0.6) is 0 Å². The monoisotopic (exact) mass is 1150 g/mol. The van der Waals surface area contributed by atoms with Crippen molar-refractivity contribution in [1.82, 2.24) is 0 Å². The first-order valence-corrected chi connectivity index (χ1v) is 37.0. The van der Waals surface area contributed by atoms with Crippen LogP contribution in [0.1, 0.15) is 412 Å². The van der Waals surface area contributed by atoms with Gasteiger partial charge in [0.05, 0.1) is 0 Å². The predicted octanol–water partition coefficient (Wildman–Crippen LogP) is 25.5. The van der Waals surface area contributed by atoms with E-state index in [1.165, 1.54) is 302 Å². The van der Waals surface area contributed by atoms with Gasteiger partial charge in [0.1, 0.15) is 13.2 Å². The zero-order valence-corrected chi connectivity index (χ0v) is 55.5. The first kappa shape index (κ1) is 79.6. The van der Waals surface area contributed by atoms with E-state index in [0.29, 0.717) is 19.3 Å².